The fourth-order valence-electron chi connectivity index (χ4n) is 3.73. The van der Waals surface area contributed by atoms with Crippen molar-refractivity contribution in [3.8, 4) is 11.1 Å². The van der Waals surface area contributed by atoms with Crippen LogP contribution in [0.2, 0.25) is 0 Å². The quantitative estimate of drug-likeness (QED) is 0.196. The standard InChI is InChI=1S/C16H15NO.C9H18O.C7H16.C6H13NO2S.C2H4.2CH4/c1-11(2)18-17-16-14-9-5-3-7-12(14)13-8-4-6-10-15(13)16;1-7(2)6-8(10)9(3,4)5;1-6(2)7(3,4)5;1-5(2)7-10(8,9)6-3-4-6;1-2;;/h3-11H,1-2H3;7H,6H2,1-5H3;6H,1-5H3;5-7H,3-4H2,1-2H3;1-2H2;2*1H4. The molecule has 0 amide bonds. The number of fused-ring (bicyclic) bond motifs is 3. The lowest BCUT2D eigenvalue weighted by molar-refractivity contribution is -0.127. The van der Waals surface area contributed by atoms with Gasteiger partial charge in [-0.1, -0.05) is 138 Å². The van der Waals surface area contributed by atoms with Gasteiger partial charge in [-0.2, -0.15) is 0 Å². The van der Waals surface area contributed by atoms with Crippen molar-refractivity contribution in [2.75, 3.05) is 0 Å². The summed E-state index contributed by atoms with van der Waals surface area (Å²) in [6.45, 7) is 35.0. The van der Waals surface area contributed by atoms with Crippen LogP contribution in [-0.4, -0.2) is 37.3 Å². The Kier molecular flexibility index (Phi) is 23.6. The van der Waals surface area contributed by atoms with Crippen molar-refractivity contribution in [2.24, 2.45) is 27.8 Å². The van der Waals surface area contributed by atoms with Crippen LogP contribution in [0.4, 0.5) is 0 Å². The molecule has 4 rings (SSSR count). The van der Waals surface area contributed by atoms with Crippen LogP contribution in [-0.2, 0) is 19.7 Å². The number of nitrogens with zero attached hydrogens (tertiary/aromatic N) is 1. The average molecular weight is 703 g/mol. The van der Waals surface area contributed by atoms with Crippen molar-refractivity contribution in [1.82, 2.24) is 4.72 Å². The van der Waals surface area contributed by atoms with Crippen LogP contribution in [0.5, 0.6) is 0 Å². The van der Waals surface area contributed by atoms with Gasteiger partial charge in [-0.15, -0.1) is 13.2 Å². The second-order valence-corrected chi connectivity index (χ2v) is 17.5. The molecule has 0 spiro atoms. The van der Waals surface area contributed by atoms with Gasteiger partial charge in [0.2, 0.25) is 10.0 Å². The molecule has 0 aliphatic heterocycles. The molecule has 2 aliphatic rings. The van der Waals surface area contributed by atoms with Crippen LogP contribution < -0.4 is 4.72 Å². The van der Waals surface area contributed by atoms with E-state index < -0.39 is 10.0 Å². The van der Waals surface area contributed by atoms with E-state index in [1.807, 2.05) is 60.6 Å². The minimum atomic E-state index is -2.94. The van der Waals surface area contributed by atoms with Crippen molar-refractivity contribution in [3.63, 3.8) is 0 Å². The molecule has 2 aliphatic carbocycles. The number of ketones is 1. The molecule has 2 aromatic carbocycles. The Morgan fingerprint density at radius 2 is 1.16 bits per heavy atom. The van der Waals surface area contributed by atoms with Gasteiger partial charge in [0.05, 0.1) is 5.25 Å². The summed E-state index contributed by atoms with van der Waals surface area (Å²) in [7, 11) is -2.94. The van der Waals surface area contributed by atoms with E-state index in [0.29, 0.717) is 23.5 Å². The van der Waals surface area contributed by atoms with E-state index in [0.717, 1.165) is 35.6 Å². The maximum Gasteiger partial charge on any atom is 0.214 e. The first-order valence-corrected chi connectivity index (χ1v) is 18.6. The first-order chi connectivity index (χ1) is 21.6. The number of carbonyl (C=O) groups excluding carboxylic acids is 1. The maximum absolute atomic E-state index is 11.3. The number of sulfonamides is 1. The number of carbonyl (C=O) groups is 1. The Hall–Kier alpha value is -2.77. The minimum absolute atomic E-state index is 0. The third-order valence-electron chi connectivity index (χ3n) is 7.53. The van der Waals surface area contributed by atoms with Crippen LogP contribution in [0, 0.1) is 22.7 Å². The number of oxime groups is 1. The van der Waals surface area contributed by atoms with E-state index in [4.69, 9.17) is 4.84 Å². The Balaban J connectivity index is -0.000000596. The average Bonchev–Trinajstić information content (AvgIpc) is 3.76. The minimum Gasteiger partial charge on any atom is -0.393 e. The normalized spacial score (nSPS) is 13.0. The lowest BCUT2D eigenvalue weighted by Crippen LogP contribution is -2.32. The molecule has 0 aromatic heterocycles. The second kappa shape index (κ2) is 22.8. The molecular formula is C42H74N2O4S. The summed E-state index contributed by atoms with van der Waals surface area (Å²) in [6.07, 6.45) is 2.48. The van der Waals surface area contributed by atoms with Crippen LogP contribution >= 0.6 is 0 Å². The van der Waals surface area contributed by atoms with E-state index in [2.05, 4.69) is 108 Å². The summed E-state index contributed by atoms with van der Waals surface area (Å²) >= 11 is 0. The van der Waals surface area contributed by atoms with E-state index in [1.54, 1.807) is 0 Å². The van der Waals surface area contributed by atoms with E-state index >= 15 is 0 Å². The first kappa shape index (κ1) is 50.6. The van der Waals surface area contributed by atoms with Gasteiger partial charge in [-0.3, -0.25) is 4.79 Å². The van der Waals surface area contributed by atoms with Crippen molar-refractivity contribution in [2.45, 2.75) is 148 Å². The number of rotatable bonds is 7. The van der Waals surface area contributed by atoms with Gasteiger partial charge in [-0.05, 0) is 68.9 Å². The molecule has 49 heavy (non-hydrogen) atoms. The smallest absolute Gasteiger partial charge is 0.214 e. The second-order valence-electron chi connectivity index (χ2n) is 15.5. The van der Waals surface area contributed by atoms with Crippen molar-refractivity contribution in [1.29, 1.82) is 0 Å². The fraction of sp³-hybridized carbons (Fsp3) is 0.619. The monoisotopic (exact) mass is 703 g/mol. The number of nitrogens with one attached hydrogen (secondary N) is 1. The predicted octanol–water partition coefficient (Wildman–Crippen LogP) is 11.7. The number of benzene rings is 2. The highest BCUT2D eigenvalue weighted by Gasteiger charge is 2.35. The Bertz CT molecular complexity index is 1310. The summed E-state index contributed by atoms with van der Waals surface area (Å²) < 4.78 is 24.7. The molecule has 7 heteroatoms. The molecule has 1 N–H and O–H groups in total. The zero-order valence-corrected chi connectivity index (χ0v) is 32.8. The highest BCUT2D eigenvalue weighted by Crippen LogP contribution is 2.36. The van der Waals surface area contributed by atoms with Gasteiger partial charge in [-0.25, -0.2) is 13.1 Å². The Morgan fingerprint density at radius 3 is 1.41 bits per heavy atom. The summed E-state index contributed by atoms with van der Waals surface area (Å²) in [4.78, 5) is 16.7. The summed E-state index contributed by atoms with van der Waals surface area (Å²) in [6, 6.07) is 16.7. The molecule has 0 unspecified atom stereocenters. The molecule has 2 aromatic rings. The lowest BCUT2D eigenvalue weighted by Gasteiger charge is -2.22. The molecule has 0 heterocycles. The van der Waals surface area contributed by atoms with E-state index in [1.165, 1.54) is 11.1 Å². The SMILES string of the molecule is C.C.C=C.CC(C)C(C)(C)C.CC(C)CC(=O)C(C)(C)C.CC(C)NS(=O)(=O)C1CC1.CC(C)ON=C1c2ccccc2-c2ccccc21. The highest BCUT2D eigenvalue weighted by atomic mass is 32.2. The number of hydrogen-bond donors (Lipinski definition) is 1. The largest absolute Gasteiger partial charge is 0.393 e. The molecule has 0 radical (unpaired) electrons. The van der Waals surface area contributed by atoms with Crippen molar-refractivity contribution >= 4 is 21.5 Å². The predicted molar refractivity (Wildman–Crippen MR) is 217 cm³/mol. The zero-order chi connectivity index (χ0) is 36.8. The topological polar surface area (TPSA) is 84.8 Å². The zero-order valence-electron chi connectivity index (χ0n) is 32.0. The molecular weight excluding hydrogens is 629 g/mol. The molecule has 282 valence electrons. The molecule has 1 fully saturated rings. The van der Waals surface area contributed by atoms with Gasteiger partial charge >= 0.3 is 0 Å². The highest BCUT2D eigenvalue weighted by molar-refractivity contribution is 7.90. The Morgan fingerprint density at radius 1 is 0.796 bits per heavy atom. The van der Waals surface area contributed by atoms with Gasteiger partial charge < -0.3 is 4.84 Å². The number of Topliss-reactive ketones (excluding diaryl/α,β-unsaturated/α-hetero) is 1. The van der Waals surface area contributed by atoms with Gasteiger partial charge in [0.15, 0.2) is 0 Å². The lowest BCUT2D eigenvalue weighted by atomic mass is 9.84. The first-order valence-electron chi connectivity index (χ1n) is 17.0. The van der Waals surface area contributed by atoms with Crippen LogP contribution in [0.1, 0.15) is 142 Å². The third kappa shape index (κ3) is 19.3. The molecule has 0 bridgehead atoms. The molecule has 0 atom stereocenters. The summed E-state index contributed by atoms with van der Waals surface area (Å²) in [5, 5.41) is 4.23. The third-order valence-corrected chi connectivity index (χ3v) is 9.68. The van der Waals surface area contributed by atoms with E-state index in [9.17, 15) is 13.2 Å². The maximum atomic E-state index is 11.3. The summed E-state index contributed by atoms with van der Waals surface area (Å²) in [5.41, 5.74) is 6.07. The molecule has 0 saturated heterocycles. The van der Waals surface area contributed by atoms with Crippen molar-refractivity contribution < 1.29 is 18.0 Å². The Labute approximate surface area is 303 Å². The van der Waals surface area contributed by atoms with Crippen molar-refractivity contribution in [3.05, 3.63) is 72.8 Å². The number of hydrogen-bond acceptors (Lipinski definition) is 5. The van der Waals surface area contributed by atoms with Crippen LogP contribution in [0.25, 0.3) is 11.1 Å². The van der Waals surface area contributed by atoms with Crippen LogP contribution in [0.15, 0.2) is 66.8 Å². The molecule has 6 nitrogen and oxygen atoms in total. The summed E-state index contributed by atoms with van der Waals surface area (Å²) in [5.74, 6) is 1.65. The van der Waals surface area contributed by atoms with Gasteiger partial charge in [0.1, 0.15) is 17.6 Å². The van der Waals surface area contributed by atoms with Crippen LogP contribution in [0.3, 0.4) is 0 Å². The van der Waals surface area contributed by atoms with E-state index in [-0.39, 0.29) is 37.7 Å². The van der Waals surface area contributed by atoms with Gasteiger partial charge in [0.25, 0.3) is 0 Å². The fourth-order valence-corrected chi connectivity index (χ4v) is 5.34. The molecule has 1 saturated carbocycles. The van der Waals surface area contributed by atoms with Gasteiger partial charge in [0, 0.05) is 29.0 Å².